The van der Waals surface area contributed by atoms with Crippen molar-refractivity contribution in [2.24, 2.45) is 0 Å². The molecule has 1 amide bonds. The van der Waals surface area contributed by atoms with Crippen LogP contribution >= 0.6 is 11.3 Å². The number of thiophene rings is 1. The molecule has 1 aliphatic rings. The molecule has 3 rings (SSSR count). The third-order valence-corrected chi connectivity index (χ3v) is 4.69. The SMILES string of the molecule is Cc1cccc(C(=O)Nc2sc3c(c2C#N)CCNC3)c1. The molecule has 0 radical (unpaired) electrons. The minimum absolute atomic E-state index is 0.165. The number of nitriles is 1. The summed E-state index contributed by atoms with van der Waals surface area (Å²) in [7, 11) is 0. The van der Waals surface area contributed by atoms with Crippen molar-refractivity contribution in [3.8, 4) is 6.07 Å². The van der Waals surface area contributed by atoms with E-state index in [0.29, 0.717) is 16.1 Å². The van der Waals surface area contributed by atoms with Crippen molar-refractivity contribution < 1.29 is 4.79 Å². The molecule has 106 valence electrons. The molecule has 0 bridgehead atoms. The van der Waals surface area contributed by atoms with E-state index in [9.17, 15) is 10.1 Å². The van der Waals surface area contributed by atoms with Crippen LogP contribution in [0.5, 0.6) is 0 Å². The molecular formula is C16H15N3OS. The Kier molecular flexibility index (Phi) is 3.74. The first-order valence-electron chi connectivity index (χ1n) is 6.82. The Balaban J connectivity index is 1.90. The minimum Gasteiger partial charge on any atom is -0.312 e. The fraction of sp³-hybridized carbons (Fsp3) is 0.250. The first-order valence-corrected chi connectivity index (χ1v) is 7.64. The lowest BCUT2D eigenvalue weighted by Crippen LogP contribution is -2.22. The van der Waals surface area contributed by atoms with E-state index in [4.69, 9.17) is 0 Å². The van der Waals surface area contributed by atoms with Crippen LogP contribution in [0.2, 0.25) is 0 Å². The van der Waals surface area contributed by atoms with E-state index < -0.39 is 0 Å². The van der Waals surface area contributed by atoms with Crippen LogP contribution in [0.3, 0.4) is 0 Å². The molecular weight excluding hydrogens is 282 g/mol. The zero-order chi connectivity index (χ0) is 14.8. The first-order chi connectivity index (χ1) is 10.2. The Morgan fingerprint density at radius 1 is 1.48 bits per heavy atom. The number of hydrogen-bond donors (Lipinski definition) is 2. The Morgan fingerprint density at radius 3 is 3.10 bits per heavy atom. The van der Waals surface area contributed by atoms with Crippen LogP contribution in [0.15, 0.2) is 24.3 Å². The number of benzene rings is 1. The van der Waals surface area contributed by atoms with E-state index >= 15 is 0 Å². The minimum atomic E-state index is -0.165. The highest BCUT2D eigenvalue weighted by molar-refractivity contribution is 7.16. The average Bonchev–Trinajstić information content (AvgIpc) is 2.84. The molecule has 4 nitrogen and oxygen atoms in total. The van der Waals surface area contributed by atoms with Gasteiger partial charge in [0.05, 0.1) is 5.56 Å². The maximum Gasteiger partial charge on any atom is 0.256 e. The number of amides is 1. The highest BCUT2D eigenvalue weighted by atomic mass is 32.1. The molecule has 0 fully saturated rings. The van der Waals surface area contributed by atoms with E-state index in [-0.39, 0.29) is 5.91 Å². The van der Waals surface area contributed by atoms with Gasteiger partial charge in [0.1, 0.15) is 11.1 Å². The second-order valence-electron chi connectivity index (χ2n) is 5.07. The number of carbonyl (C=O) groups is 1. The number of rotatable bonds is 2. The number of aryl methyl sites for hydroxylation is 1. The molecule has 2 aromatic rings. The lowest BCUT2D eigenvalue weighted by atomic mass is 10.0. The molecule has 2 heterocycles. The van der Waals surface area contributed by atoms with Gasteiger partial charge in [0.15, 0.2) is 0 Å². The lowest BCUT2D eigenvalue weighted by molar-refractivity contribution is 0.102. The predicted molar refractivity (Wildman–Crippen MR) is 83.6 cm³/mol. The largest absolute Gasteiger partial charge is 0.312 e. The number of hydrogen-bond acceptors (Lipinski definition) is 4. The molecule has 0 aliphatic carbocycles. The van der Waals surface area contributed by atoms with Gasteiger partial charge in [-0.1, -0.05) is 17.7 Å². The number of anilines is 1. The summed E-state index contributed by atoms with van der Waals surface area (Å²) in [6, 6.07) is 9.68. The van der Waals surface area contributed by atoms with Crippen molar-refractivity contribution in [3.05, 3.63) is 51.4 Å². The zero-order valence-corrected chi connectivity index (χ0v) is 12.5. The number of nitrogens with zero attached hydrogens (tertiary/aromatic N) is 1. The molecule has 1 aliphatic heterocycles. The van der Waals surface area contributed by atoms with Crippen LogP contribution in [0, 0.1) is 18.3 Å². The fourth-order valence-corrected chi connectivity index (χ4v) is 3.67. The molecule has 0 saturated carbocycles. The van der Waals surface area contributed by atoms with E-state index in [1.807, 2.05) is 25.1 Å². The summed E-state index contributed by atoms with van der Waals surface area (Å²) in [5.41, 5.74) is 3.36. The summed E-state index contributed by atoms with van der Waals surface area (Å²) in [5.74, 6) is -0.165. The summed E-state index contributed by atoms with van der Waals surface area (Å²) in [6.45, 7) is 3.60. The zero-order valence-electron chi connectivity index (χ0n) is 11.7. The van der Waals surface area contributed by atoms with Gasteiger partial charge in [0.2, 0.25) is 0 Å². The second-order valence-corrected chi connectivity index (χ2v) is 6.18. The molecule has 0 saturated heterocycles. The number of nitrogens with one attached hydrogen (secondary N) is 2. The van der Waals surface area contributed by atoms with Gasteiger partial charge in [-0.05, 0) is 37.6 Å². The van der Waals surface area contributed by atoms with Crippen molar-refractivity contribution in [2.45, 2.75) is 19.9 Å². The highest BCUT2D eigenvalue weighted by Crippen LogP contribution is 2.35. The summed E-state index contributed by atoms with van der Waals surface area (Å²) < 4.78 is 0. The maximum atomic E-state index is 12.3. The molecule has 21 heavy (non-hydrogen) atoms. The average molecular weight is 297 g/mol. The lowest BCUT2D eigenvalue weighted by Gasteiger charge is -2.11. The van der Waals surface area contributed by atoms with Crippen LogP contribution in [0.4, 0.5) is 5.00 Å². The Labute approximate surface area is 127 Å². The maximum absolute atomic E-state index is 12.3. The van der Waals surface area contributed by atoms with Crippen LogP contribution in [-0.2, 0) is 13.0 Å². The smallest absolute Gasteiger partial charge is 0.256 e. The van der Waals surface area contributed by atoms with Gasteiger partial charge in [-0.15, -0.1) is 11.3 Å². The van der Waals surface area contributed by atoms with Gasteiger partial charge in [0, 0.05) is 17.0 Å². The molecule has 1 aromatic heterocycles. The number of fused-ring (bicyclic) bond motifs is 1. The highest BCUT2D eigenvalue weighted by Gasteiger charge is 2.21. The van der Waals surface area contributed by atoms with E-state index in [1.165, 1.54) is 11.3 Å². The molecule has 2 N–H and O–H groups in total. The van der Waals surface area contributed by atoms with Crippen molar-refractivity contribution in [2.75, 3.05) is 11.9 Å². The summed E-state index contributed by atoms with van der Waals surface area (Å²) >= 11 is 1.50. The van der Waals surface area contributed by atoms with E-state index in [1.54, 1.807) is 6.07 Å². The van der Waals surface area contributed by atoms with Crippen LogP contribution < -0.4 is 10.6 Å². The Morgan fingerprint density at radius 2 is 2.33 bits per heavy atom. The van der Waals surface area contributed by atoms with Crippen molar-refractivity contribution >= 4 is 22.2 Å². The summed E-state index contributed by atoms with van der Waals surface area (Å²) in [5, 5.41) is 16.2. The van der Waals surface area contributed by atoms with E-state index in [0.717, 1.165) is 35.5 Å². The second kappa shape index (κ2) is 5.68. The molecule has 5 heteroatoms. The predicted octanol–water partition coefficient (Wildman–Crippen LogP) is 2.83. The monoisotopic (exact) mass is 297 g/mol. The van der Waals surface area contributed by atoms with Gasteiger partial charge in [-0.25, -0.2) is 0 Å². The number of carbonyl (C=O) groups excluding carboxylic acids is 1. The van der Waals surface area contributed by atoms with Gasteiger partial charge in [0.25, 0.3) is 5.91 Å². The summed E-state index contributed by atoms with van der Waals surface area (Å²) in [4.78, 5) is 13.5. The van der Waals surface area contributed by atoms with Crippen LogP contribution in [0.25, 0.3) is 0 Å². The normalized spacial score (nSPS) is 13.3. The standard InChI is InChI=1S/C16H15N3OS/c1-10-3-2-4-11(7-10)15(20)19-16-13(8-17)12-5-6-18-9-14(12)21-16/h2-4,7,18H,5-6,9H2,1H3,(H,19,20). The van der Waals surface area contributed by atoms with Gasteiger partial charge in [-0.3, -0.25) is 4.79 Å². The van der Waals surface area contributed by atoms with Crippen LogP contribution in [0.1, 0.15) is 31.9 Å². The van der Waals surface area contributed by atoms with Crippen molar-refractivity contribution in [1.29, 1.82) is 5.26 Å². The molecule has 0 spiro atoms. The first kappa shape index (κ1) is 13.8. The molecule has 1 aromatic carbocycles. The van der Waals surface area contributed by atoms with Gasteiger partial charge in [-0.2, -0.15) is 5.26 Å². The third kappa shape index (κ3) is 2.68. The van der Waals surface area contributed by atoms with E-state index in [2.05, 4.69) is 16.7 Å². The third-order valence-electron chi connectivity index (χ3n) is 3.55. The summed E-state index contributed by atoms with van der Waals surface area (Å²) in [6.07, 6.45) is 0.842. The topological polar surface area (TPSA) is 64.9 Å². The van der Waals surface area contributed by atoms with Gasteiger partial charge >= 0.3 is 0 Å². The van der Waals surface area contributed by atoms with Gasteiger partial charge < -0.3 is 10.6 Å². The molecule has 0 unspecified atom stereocenters. The Hall–Kier alpha value is -2.16. The fourth-order valence-electron chi connectivity index (χ4n) is 2.50. The van der Waals surface area contributed by atoms with Crippen LogP contribution in [-0.4, -0.2) is 12.5 Å². The van der Waals surface area contributed by atoms with Crippen molar-refractivity contribution in [3.63, 3.8) is 0 Å². The quantitative estimate of drug-likeness (QED) is 0.896. The van der Waals surface area contributed by atoms with Crippen molar-refractivity contribution in [1.82, 2.24) is 5.32 Å². The molecule has 0 atom stereocenters. The Bertz CT molecular complexity index is 742.